The highest BCUT2D eigenvalue weighted by molar-refractivity contribution is 9.10. The van der Waals surface area contributed by atoms with E-state index in [1.165, 1.54) is 11.8 Å². The van der Waals surface area contributed by atoms with Crippen molar-refractivity contribution < 1.29 is 9.47 Å². The van der Waals surface area contributed by atoms with E-state index in [4.69, 9.17) is 9.47 Å². The zero-order valence-corrected chi connectivity index (χ0v) is 17.3. The molecule has 0 atom stereocenters. The molecule has 3 rings (SSSR count). The lowest BCUT2D eigenvalue weighted by Crippen LogP contribution is -2.15. The lowest BCUT2D eigenvalue weighted by atomic mass is 10.1. The normalized spacial score (nSPS) is 10.3. The highest BCUT2D eigenvalue weighted by atomic mass is 79.9. The second-order valence-electron chi connectivity index (χ2n) is 5.59. The quantitative estimate of drug-likeness (QED) is 0.324. The molecule has 0 aliphatic rings. The Balaban J connectivity index is 1.74. The van der Waals surface area contributed by atoms with Crippen LogP contribution in [-0.2, 0) is 0 Å². The molecule has 1 aromatic heterocycles. The Morgan fingerprint density at radius 1 is 1.21 bits per heavy atom. The van der Waals surface area contributed by atoms with E-state index in [2.05, 4.69) is 25.9 Å². The van der Waals surface area contributed by atoms with Crippen LogP contribution in [0.5, 0.6) is 11.5 Å². The molecule has 0 bridgehead atoms. The fourth-order valence-corrected chi connectivity index (χ4v) is 3.50. The molecule has 1 N–H and O–H groups in total. The van der Waals surface area contributed by atoms with Gasteiger partial charge in [-0.2, -0.15) is 5.26 Å². The first-order valence-electron chi connectivity index (χ1n) is 8.30. The number of aromatic nitrogens is 2. The first-order valence-corrected chi connectivity index (χ1v) is 10.1. The van der Waals surface area contributed by atoms with E-state index in [-0.39, 0.29) is 5.56 Å². The van der Waals surface area contributed by atoms with Gasteiger partial charge in [-0.1, -0.05) is 33.8 Å². The van der Waals surface area contributed by atoms with Crippen LogP contribution < -0.4 is 15.0 Å². The van der Waals surface area contributed by atoms with Crippen LogP contribution in [0.2, 0.25) is 0 Å². The van der Waals surface area contributed by atoms with Crippen molar-refractivity contribution in [3.63, 3.8) is 0 Å². The second kappa shape index (κ2) is 9.44. The summed E-state index contributed by atoms with van der Waals surface area (Å²) in [5.41, 5.74) is 0.554. The summed E-state index contributed by atoms with van der Waals surface area (Å²) in [5, 5.41) is 9.79. The number of hydrogen-bond acceptors (Lipinski definition) is 6. The van der Waals surface area contributed by atoms with Crippen molar-refractivity contribution in [2.24, 2.45) is 0 Å². The Kier molecular flexibility index (Phi) is 6.74. The molecule has 0 saturated heterocycles. The predicted molar refractivity (Wildman–Crippen MR) is 112 cm³/mol. The van der Waals surface area contributed by atoms with Crippen LogP contribution in [0.25, 0.3) is 11.3 Å². The molecule has 28 heavy (non-hydrogen) atoms. The monoisotopic (exact) mass is 457 g/mol. The summed E-state index contributed by atoms with van der Waals surface area (Å²) in [5.74, 6) is 2.03. The van der Waals surface area contributed by atoms with Crippen LogP contribution in [0.15, 0.2) is 63.0 Å². The van der Waals surface area contributed by atoms with Gasteiger partial charge in [0, 0.05) is 15.8 Å². The van der Waals surface area contributed by atoms with E-state index in [9.17, 15) is 10.1 Å². The van der Waals surface area contributed by atoms with Gasteiger partial charge in [-0.25, -0.2) is 4.98 Å². The van der Waals surface area contributed by atoms with Crippen LogP contribution in [0.3, 0.4) is 0 Å². The average Bonchev–Trinajstić information content (AvgIpc) is 2.71. The van der Waals surface area contributed by atoms with Gasteiger partial charge in [0.1, 0.15) is 23.1 Å². The van der Waals surface area contributed by atoms with Crippen molar-refractivity contribution in [2.45, 2.75) is 5.16 Å². The van der Waals surface area contributed by atoms with E-state index in [0.29, 0.717) is 34.5 Å². The van der Waals surface area contributed by atoms with E-state index in [1.807, 2.05) is 30.3 Å². The van der Waals surface area contributed by atoms with Crippen molar-refractivity contribution in [1.29, 1.82) is 5.26 Å². The maximum Gasteiger partial charge on any atom is 0.270 e. The summed E-state index contributed by atoms with van der Waals surface area (Å²) < 4.78 is 11.8. The molecule has 3 aromatic rings. The zero-order chi connectivity index (χ0) is 19.9. The number of ether oxygens (including phenoxy) is 2. The van der Waals surface area contributed by atoms with Gasteiger partial charge >= 0.3 is 0 Å². The fourth-order valence-electron chi connectivity index (χ4n) is 2.44. The van der Waals surface area contributed by atoms with E-state index in [1.54, 1.807) is 31.4 Å². The Morgan fingerprint density at radius 2 is 2.00 bits per heavy atom. The van der Waals surface area contributed by atoms with Crippen molar-refractivity contribution in [3.8, 4) is 28.8 Å². The average molecular weight is 458 g/mol. The van der Waals surface area contributed by atoms with Crippen LogP contribution in [0, 0.1) is 11.3 Å². The molecule has 0 aliphatic heterocycles. The highest BCUT2D eigenvalue weighted by Crippen LogP contribution is 2.24. The maximum atomic E-state index is 12.3. The summed E-state index contributed by atoms with van der Waals surface area (Å²) >= 11 is 4.76. The smallest absolute Gasteiger partial charge is 0.270 e. The zero-order valence-electron chi connectivity index (χ0n) is 14.9. The minimum Gasteiger partial charge on any atom is -0.497 e. The molecule has 1 heterocycles. The standard InChI is InChI=1S/C20H16BrN3O3S/c1-26-15-7-5-13(6-8-15)18-17(12-22)19(25)24-20(23-18)28-10-9-27-16-4-2-3-14(21)11-16/h2-8,11H,9-10H2,1H3,(H,23,24,25). The van der Waals surface area contributed by atoms with Crippen LogP contribution in [0.4, 0.5) is 0 Å². The number of nitrogens with one attached hydrogen (secondary N) is 1. The van der Waals surface area contributed by atoms with E-state index >= 15 is 0 Å². The third-order valence-corrected chi connectivity index (χ3v) is 5.09. The topological polar surface area (TPSA) is 88.0 Å². The number of nitriles is 1. The number of benzene rings is 2. The first kappa shape index (κ1) is 20.0. The van der Waals surface area contributed by atoms with Crippen molar-refractivity contribution in [2.75, 3.05) is 19.5 Å². The lowest BCUT2D eigenvalue weighted by Gasteiger charge is -2.08. The molecular weight excluding hydrogens is 442 g/mol. The third kappa shape index (κ3) is 4.94. The van der Waals surface area contributed by atoms with E-state index in [0.717, 1.165) is 10.2 Å². The van der Waals surface area contributed by atoms with Crippen LogP contribution in [0.1, 0.15) is 5.56 Å². The number of hydrogen-bond donors (Lipinski definition) is 1. The van der Waals surface area contributed by atoms with Crippen LogP contribution in [-0.4, -0.2) is 29.4 Å². The number of aromatic amines is 1. The molecule has 0 radical (unpaired) electrons. The summed E-state index contributed by atoms with van der Waals surface area (Å²) in [6.07, 6.45) is 0. The minimum atomic E-state index is -0.460. The second-order valence-corrected chi connectivity index (χ2v) is 7.59. The van der Waals surface area contributed by atoms with Gasteiger partial charge in [-0.05, 0) is 42.5 Å². The summed E-state index contributed by atoms with van der Waals surface area (Å²) in [6.45, 7) is 0.447. The summed E-state index contributed by atoms with van der Waals surface area (Å²) in [4.78, 5) is 19.4. The Morgan fingerprint density at radius 3 is 2.68 bits per heavy atom. The summed E-state index contributed by atoms with van der Waals surface area (Å²) in [7, 11) is 1.58. The maximum absolute atomic E-state index is 12.3. The lowest BCUT2D eigenvalue weighted by molar-refractivity contribution is 0.343. The van der Waals surface area contributed by atoms with Gasteiger partial charge in [0.15, 0.2) is 5.16 Å². The number of H-pyrrole nitrogens is 1. The molecule has 6 nitrogen and oxygen atoms in total. The van der Waals surface area contributed by atoms with Gasteiger partial charge in [0.25, 0.3) is 5.56 Å². The van der Waals surface area contributed by atoms with Gasteiger partial charge < -0.3 is 14.5 Å². The molecule has 142 valence electrons. The fraction of sp³-hybridized carbons (Fsp3) is 0.150. The largest absolute Gasteiger partial charge is 0.497 e. The van der Waals surface area contributed by atoms with Gasteiger partial charge in [0.05, 0.1) is 19.4 Å². The van der Waals surface area contributed by atoms with Gasteiger partial charge in [-0.15, -0.1) is 0 Å². The Bertz CT molecular complexity index is 1060. The van der Waals surface area contributed by atoms with E-state index < -0.39 is 5.56 Å². The van der Waals surface area contributed by atoms with Crippen molar-refractivity contribution in [1.82, 2.24) is 9.97 Å². The third-order valence-electron chi connectivity index (χ3n) is 3.76. The molecule has 0 aliphatic carbocycles. The first-order chi connectivity index (χ1) is 13.6. The molecule has 0 saturated carbocycles. The molecule has 2 aromatic carbocycles. The van der Waals surface area contributed by atoms with Crippen LogP contribution >= 0.6 is 27.7 Å². The molecule has 8 heteroatoms. The van der Waals surface area contributed by atoms with Gasteiger partial charge in [-0.3, -0.25) is 4.79 Å². The number of thioether (sulfide) groups is 1. The SMILES string of the molecule is COc1ccc(-c2nc(SCCOc3cccc(Br)c3)[nH]c(=O)c2C#N)cc1. The predicted octanol–water partition coefficient (Wildman–Crippen LogP) is 4.25. The van der Waals surface area contributed by atoms with Gasteiger partial charge in [0.2, 0.25) is 0 Å². The minimum absolute atomic E-state index is 0.0140. The molecule has 0 amide bonds. The summed E-state index contributed by atoms with van der Waals surface area (Å²) in [6, 6.07) is 16.6. The Labute approximate surface area is 174 Å². The molecule has 0 spiro atoms. The number of methoxy groups -OCH3 is 1. The number of nitrogens with zero attached hydrogens (tertiary/aromatic N) is 2. The molecule has 0 unspecified atom stereocenters. The van der Waals surface area contributed by atoms with Crippen molar-refractivity contribution >= 4 is 27.7 Å². The molecule has 0 fully saturated rings. The highest BCUT2D eigenvalue weighted by Gasteiger charge is 2.14. The number of halogens is 1. The Hall–Kier alpha value is -2.76. The molecular formula is C20H16BrN3O3S. The number of rotatable bonds is 7. The van der Waals surface area contributed by atoms with Crippen molar-refractivity contribution in [3.05, 3.63) is 68.9 Å².